The number of amides is 3. The predicted molar refractivity (Wildman–Crippen MR) is 92.7 cm³/mol. The Labute approximate surface area is 145 Å². The molecule has 6 nitrogen and oxygen atoms in total. The van der Waals surface area contributed by atoms with Gasteiger partial charge in [0.1, 0.15) is 0 Å². The van der Waals surface area contributed by atoms with E-state index in [1.807, 2.05) is 4.90 Å². The molecule has 2 aliphatic heterocycles. The zero-order valence-electron chi connectivity index (χ0n) is 14.8. The van der Waals surface area contributed by atoms with Crippen molar-refractivity contribution in [2.24, 2.45) is 5.73 Å². The zero-order valence-corrected chi connectivity index (χ0v) is 14.8. The first-order chi connectivity index (χ1) is 11.6. The third kappa shape index (κ3) is 3.68. The molecular weight excluding hydrogens is 304 g/mol. The quantitative estimate of drug-likeness (QED) is 0.698. The van der Waals surface area contributed by atoms with Gasteiger partial charge in [0.15, 0.2) is 5.54 Å². The number of primary amides is 1. The van der Waals surface area contributed by atoms with Crippen LogP contribution in [-0.4, -0.2) is 54.6 Å². The first-order valence-corrected chi connectivity index (χ1v) is 9.82. The van der Waals surface area contributed by atoms with Crippen molar-refractivity contribution < 1.29 is 14.5 Å². The van der Waals surface area contributed by atoms with Crippen LogP contribution in [0.15, 0.2) is 0 Å². The minimum absolute atomic E-state index is 0.0496. The summed E-state index contributed by atoms with van der Waals surface area (Å²) in [7, 11) is 0. The Morgan fingerprint density at radius 3 is 2.12 bits per heavy atom. The number of carbonyl (C=O) groups excluding carboxylic acids is 2. The van der Waals surface area contributed by atoms with E-state index in [0.717, 1.165) is 25.9 Å². The second-order valence-corrected chi connectivity index (χ2v) is 7.88. The van der Waals surface area contributed by atoms with Crippen LogP contribution in [0.3, 0.4) is 0 Å². The van der Waals surface area contributed by atoms with Gasteiger partial charge in [-0.05, 0) is 32.1 Å². The first-order valence-electron chi connectivity index (χ1n) is 9.82. The SMILES string of the molecule is NC(=O)C1([NH+]2CCCCC2)CCN(C(=O)NC2CCCCC2)CC1. The van der Waals surface area contributed by atoms with Crippen LogP contribution < -0.4 is 16.0 Å². The van der Waals surface area contributed by atoms with E-state index in [2.05, 4.69) is 5.32 Å². The van der Waals surface area contributed by atoms with Crippen molar-refractivity contribution in [1.82, 2.24) is 10.2 Å². The molecule has 0 aromatic carbocycles. The highest BCUT2D eigenvalue weighted by Crippen LogP contribution is 2.22. The summed E-state index contributed by atoms with van der Waals surface area (Å²) < 4.78 is 0. The van der Waals surface area contributed by atoms with Gasteiger partial charge in [-0.25, -0.2) is 4.79 Å². The molecule has 2 heterocycles. The Balaban J connectivity index is 1.56. The number of carbonyl (C=O) groups is 2. The van der Waals surface area contributed by atoms with Crippen LogP contribution in [-0.2, 0) is 4.79 Å². The van der Waals surface area contributed by atoms with Gasteiger partial charge in [-0.3, -0.25) is 4.79 Å². The molecule has 0 aromatic rings. The fourth-order valence-electron chi connectivity index (χ4n) is 4.84. The number of nitrogens with zero attached hydrogens (tertiary/aromatic N) is 1. The average molecular weight is 337 g/mol. The molecule has 3 aliphatic rings. The summed E-state index contributed by atoms with van der Waals surface area (Å²) in [5.74, 6) is -0.174. The van der Waals surface area contributed by atoms with Gasteiger partial charge in [0.2, 0.25) is 0 Å². The molecule has 6 heteroatoms. The van der Waals surface area contributed by atoms with E-state index in [9.17, 15) is 9.59 Å². The number of hydrogen-bond acceptors (Lipinski definition) is 2. The lowest BCUT2D eigenvalue weighted by molar-refractivity contribution is -0.948. The van der Waals surface area contributed by atoms with Crippen LogP contribution >= 0.6 is 0 Å². The van der Waals surface area contributed by atoms with Gasteiger partial charge in [0, 0.05) is 32.0 Å². The molecule has 0 aromatic heterocycles. The van der Waals surface area contributed by atoms with Crippen molar-refractivity contribution >= 4 is 11.9 Å². The average Bonchev–Trinajstić information content (AvgIpc) is 2.63. The number of rotatable bonds is 3. The smallest absolute Gasteiger partial charge is 0.317 e. The topological polar surface area (TPSA) is 79.9 Å². The molecule has 0 spiro atoms. The molecule has 4 N–H and O–H groups in total. The van der Waals surface area contributed by atoms with Crippen LogP contribution in [0.1, 0.15) is 64.2 Å². The maximum absolute atomic E-state index is 12.5. The van der Waals surface area contributed by atoms with Gasteiger partial charge < -0.3 is 20.9 Å². The maximum Gasteiger partial charge on any atom is 0.317 e. The monoisotopic (exact) mass is 337 g/mol. The molecular formula is C18H33N4O2+. The number of hydrogen-bond donors (Lipinski definition) is 3. The van der Waals surface area contributed by atoms with Crippen molar-refractivity contribution in [3.8, 4) is 0 Å². The Morgan fingerprint density at radius 1 is 0.958 bits per heavy atom. The molecule has 3 fully saturated rings. The number of nitrogens with two attached hydrogens (primary N) is 1. The molecule has 3 amide bonds. The summed E-state index contributed by atoms with van der Waals surface area (Å²) >= 11 is 0. The number of urea groups is 1. The molecule has 1 aliphatic carbocycles. The Hall–Kier alpha value is -1.30. The van der Waals surface area contributed by atoms with E-state index >= 15 is 0 Å². The summed E-state index contributed by atoms with van der Waals surface area (Å²) in [5, 5.41) is 3.19. The van der Waals surface area contributed by atoms with Crippen LogP contribution in [0, 0.1) is 0 Å². The van der Waals surface area contributed by atoms with E-state index in [4.69, 9.17) is 5.73 Å². The van der Waals surface area contributed by atoms with Crippen molar-refractivity contribution in [3.05, 3.63) is 0 Å². The minimum atomic E-state index is -0.456. The molecule has 24 heavy (non-hydrogen) atoms. The largest absolute Gasteiger partial charge is 0.364 e. The van der Waals surface area contributed by atoms with Crippen molar-refractivity contribution in [2.45, 2.75) is 75.8 Å². The standard InChI is InChI=1S/C18H32N4O2/c19-16(23)18(22-11-5-2-6-12-22)9-13-21(14-10-18)17(24)20-15-7-3-1-4-8-15/h15H,1-14H2,(H2,19,23)(H,20,24)/p+1. The van der Waals surface area contributed by atoms with Crippen molar-refractivity contribution in [3.63, 3.8) is 0 Å². The number of quaternary nitrogens is 1. The lowest BCUT2D eigenvalue weighted by Gasteiger charge is -2.45. The van der Waals surface area contributed by atoms with Crippen molar-refractivity contribution in [2.75, 3.05) is 26.2 Å². The summed E-state index contributed by atoms with van der Waals surface area (Å²) in [4.78, 5) is 28.0. The van der Waals surface area contributed by atoms with Gasteiger partial charge in [0.05, 0.1) is 13.1 Å². The van der Waals surface area contributed by atoms with E-state index < -0.39 is 5.54 Å². The van der Waals surface area contributed by atoms with Crippen LogP contribution in [0.4, 0.5) is 4.79 Å². The van der Waals surface area contributed by atoms with Gasteiger partial charge in [0.25, 0.3) is 5.91 Å². The molecule has 3 rings (SSSR count). The van der Waals surface area contributed by atoms with Gasteiger partial charge in [-0.15, -0.1) is 0 Å². The normalized spacial score (nSPS) is 26.1. The summed E-state index contributed by atoms with van der Waals surface area (Å²) in [6, 6.07) is 0.385. The first kappa shape index (κ1) is 17.5. The Bertz CT molecular complexity index is 448. The second kappa shape index (κ2) is 7.72. The fraction of sp³-hybridized carbons (Fsp3) is 0.889. The van der Waals surface area contributed by atoms with Crippen LogP contribution in [0.2, 0.25) is 0 Å². The van der Waals surface area contributed by atoms with Gasteiger partial charge in [-0.1, -0.05) is 19.3 Å². The Morgan fingerprint density at radius 2 is 1.54 bits per heavy atom. The predicted octanol–water partition coefficient (Wildman–Crippen LogP) is 0.417. The molecule has 136 valence electrons. The van der Waals surface area contributed by atoms with Crippen LogP contribution in [0.25, 0.3) is 0 Å². The second-order valence-electron chi connectivity index (χ2n) is 7.88. The fourth-order valence-corrected chi connectivity index (χ4v) is 4.84. The highest BCUT2D eigenvalue weighted by Gasteiger charge is 2.49. The lowest BCUT2D eigenvalue weighted by atomic mass is 9.83. The molecule has 0 unspecified atom stereocenters. The van der Waals surface area contributed by atoms with Gasteiger partial charge in [-0.2, -0.15) is 0 Å². The van der Waals surface area contributed by atoms with E-state index in [1.54, 1.807) is 0 Å². The molecule has 2 saturated heterocycles. The summed E-state index contributed by atoms with van der Waals surface area (Å²) in [6.45, 7) is 3.37. The minimum Gasteiger partial charge on any atom is -0.364 e. The highest BCUT2D eigenvalue weighted by molar-refractivity contribution is 5.83. The maximum atomic E-state index is 12.5. The van der Waals surface area contributed by atoms with E-state index in [1.165, 1.54) is 43.4 Å². The van der Waals surface area contributed by atoms with Gasteiger partial charge >= 0.3 is 6.03 Å². The van der Waals surface area contributed by atoms with Crippen LogP contribution in [0.5, 0.6) is 0 Å². The molecule has 0 atom stereocenters. The van der Waals surface area contributed by atoms with Crippen molar-refractivity contribution in [1.29, 1.82) is 0 Å². The molecule has 0 bridgehead atoms. The third-order valence-corrected chi connectivity index (χ3v) is 6.44. The zero-order chi connectivity index (χ0) is 17.0. The van der Waals surface area contributed by atoms with E-state index in [-0.39, 0.29) is 11.9 Å². The summed E-state index contributed by atoms with van der Waals surface area (Å²) in [6.07, 6.45) is 10.9. The molecule has 1 saturated carbocycles. The Kier molecular flexibility index (Phi) is 5.64. The highest BCUT2D eigenvalue weighted by atomic mass is 16.2. The number of likely N-dealkylation sites (tertiary alicyclic amines) is 2. The lowest BCUT2D eigenvalue weighted by Crippen LogP contribution is -3.22. The summed E-state index contributed by atoms with van der Waals surface area (Å²) in [5.41, 5.74) is 5.37. The number of nitrogens with one attached hydrogen (secondary N) is 2. The van der Waals surface area contributed by atoms with E-state index in [0.29, 0.717) is 32.0 Å². The third-order valence-electron chi connectivity index (χ3n) is 6.44. The molecule has 0 radical (unpaired) electrons. The number of piperidine rings is 2.